The highest BCUT2D eigenvalue weighted by molar-refractivity contribution is 6.30. The van der Waals surface area contributed by atoms with E-state index in [4.69, 9.17) is 11.6 Å². The number of rotatable bonds is 3. The van der Waals surface area contributed by atoms with Gasteiger partial charge < -0.3 is 4.57 Å². The molecule has 3 aromatic rings. The van der Waals surface area contributed by atoms with Crippen LogP contribution < -0.4 is 5.56 Å². The van der Waals surface area contributed by atoms with Gasteiger partial charge in [0.05, 0.1) is 28.2 Å². The van der Waals surface area contributed by atoms with Crippen LogP contribution >= 0.6 is 11.6 Å². The SMILES string of the molecule is CCn1c(-c2c(F)cc(F)cc2F)c(-n2cc(Cl)cn2)ccc1=O. The van der Waals surface area contributed by atoms with Gasteiger partial charge in [0.15, 0.2) is 0 Å². The van der Waals surface area contributed by atoms with Gasteiger partial charge in [-0.05, 0) is 13.0 Å². The summed E-state index contributed by atoms with van der Waals surface area (Å²) < 4.78 is 44.3. The molecule has 0 bridgehead atoms. The van der Waals surface area contributed by atoms with Gasteiger partial charge in [0, 0.05) is 30.9 Å². The summed E-state index contributed by atoms with van der Waals surface area (Å²) in [6.07, 6.45) is 2.79. The van der Waals surface area contributed by atoms with E-state index in [1.165, 1.54) is 33.8 Å². The minimum Gasteiger partial charge on any atom is -0.306 e. The minimum absolute atomic E-state index is 0.0419. The van der Waals surface area contributed by atoms with Gasteiger partial charge in [-0.25, -0.2) is 17.9 Å². The summed E-state index contributed by atoms with van der Waals surface area (Å²) in [5.74, 6) is -3.27. The van der Waals surface area contributed by atoms with Crippen LogP contribution in [0.2, 0.25) is 5.02 Å². The summed E-state index contributed by atoms with van der Waals surface area (Å²) in [7, 11) is 0. The number of hydrogen-bond acceptors (Lipinski definition) is 2. The van der Waals surface area contributed by atoms with Crippen molar-refractivity contribution in [3.63, 3.8) is 0 Å². The molecule has 0 fully saturated rings. The predicted molar refractivity (Wildman–Crippen MR) is 83.8 cm³/mol. The zero-order chi connectivity index (χ0) is 17.4. The predicted octanol–water partition coefficient (Wildman–Crippen LogP) is 3.79. The molecule has 0 aliphatic heterocycles. The standard InChI is InChI=1S/C16H11ClF3N3O/c1-2-22-14(24)4-3-13(23-8-9(17)7-21-23)16(22)15-11(19)5-10(18)6-12(15)20/h3-8H,2H2,1H3. The Balaban J connectivity index is 2.42. The maximum absolute atomic E-state index is 14.3. The molecule has 0 aliphatic carbocycles. The fourth-order valence-electron chi connectivity index (χ4n) is 2.53. The number of pyridine rings is 1. The van der Waals surface area contributed by atoms with Crippen LogP contribution in [0.25, 0.3) is 16.9 Å². The average Bonchev–Trinajstić information content (AvgIpc) is 2.93. The lowest BCUT2D eigenvalue weighted by Gasteiger charge is -2.17. The van der Waals surface area contributed by atoms with Crippen molar-refractivity contribution in [3.8, 4) is 16.9 Å². The fourth-order valence-corrected chi connectivity index (χ4v) is 2.67. The van der Waals surface area contributed by atoms with Gasteiger partial charge >= 0.3 is 0 Å². The third-order valence-corrected chi connectivity index (χ3v) is 3.72. The second kappa shape index (κ2) is 6.16. The zero-order valence-corrected chi connectivity index (χ0v) is 13.2. The Bertz CT molecular complexity index is 958. The van der Waals surface area contributed by atoms with Crippen molar-refractivity contribution in [2.45, 2.75) is 13.5 Å². The van der Waals surface area contributed by atoms with E-state index in [0.29, 0.717) is 17.2 Å². The van der Waals surface area contributed by atoms with E-state index in [1.807, 2.05) is 0 Å². The summed E-state index contributed by atoms with van der Waals surface area (Å²) in [4.78, 5) is 12.1. The van der Waals surface area contributed by atoms with Gasteiger partial charge in [0.25, 0.3) is 5.56 Å². The number of halogens is 4. The number of hydrogen-bond donors (Lipinski definition) is 0. The van der Waals surface area contributed by atoms with Crippen molar-refractivity contribution in [2.75, 3.05) is 0 Å². The molecule has 0 unspecified atom stereocenters. The van der Waals surface area contributed by atoms with Gasteiger partial charge in [-0.3, -0.25) is 4.79 Å². The van der Waals surface area contributed by atoms with Gasteiger partial charge in [0.2, 0.25) is 0 Å². The molecule has 0 N–H and O–H groups in total. The molecule has 4 nitrogen and oxygen atoms in total. The van der Waals surface area contributed by atoms with Crippen LogP contribution in [0.5, 0.6) is 0 Å². The summed E-state index contributed by atoms with van der Waals surface area (Å²) in [5, 5.41) is 4.32. The lowest BCUT2D eigenvalue weighted by Crippen LogP contribution is -2.22. The minimum atomic E-state index is -1.11. The molecule has 0 saturated heterocycles. The van der Waals surface area contributed by atoms with Crippen LogP contribution in [0.4, 0.5) is 13.2 Å². The van der Waals surface area contributed by atoms with E-state index in [9.17, 15) is 18.0 Å². The third-order valence-electron chi connectivity index (χ3n) is 3.52. The molecule has 0 atom stereocenters. The molecule has 24 heavy (non-hydrogen) atoms. The van der Waals surface area contributed by atoms with Gasteiger partial charge in [-0.1, -0.05) is 11.6 Å². The molecule has 0 spiro atoms. The van der Waals surface area contributed by atoms with Crippen molar-refractivity contribution in [1.29, 1.82) is 0 Å². The van der Waals surface area contributed by atoms with E-state index < -0.39 is 28.6 Å². The Morgan fingerprint density at radius 1 is 1.17 bits per heavy atom. The van der Waals surface area contributed by atoms with Crippen molar-refractivity contribution in [1.82, 2.24) is 14.3 Å². The second-order valence-corrected chi connectivity index (χ2v) is 5.43. The first-order valence-electron chi connectivity index (χ1n) is 7.01. The first-order chi connectivity index (χ1) is 11.4. The first kappa shape index (κ1) is 16.3. The molecule has 124 valence electrons. The highest BCUT2D eigenvalue weighted by atomic mass is 35.5. The summed E-state index contributed by atoms with van der Waals surface area (Å²) in [6.45, 7) is 1.82. The molecule has 0 aliphatic rings. The molecule has 0 amide bonds. The Kier molecular flexibility index (Phi) is 4.19. The topological polar surface area (TPSA) is 39.8 Å². The van der Waals surface area contributed by atoms with Crippen LogP contribution in [0.3, 0.4) is 0 Å². The molecule has 2 heterocycles. The lowest BCUT2D eigenvalue weighted by atomic mass is 10.1. The number of nitrogens with zero attached hydrogens (tertiary/aromatic N) is 3. The van der Waals surface area contributed by atoms with Crippen LogP contribution in [0, 0.1) is 17.5 Å². The Labute approximate surface area is 139 Å². The van der Waals surface area contributed by atoms with Crippen LogP contribution in [-0.4, -0.2) is 14.3 Å². The molecule has 8 heteroatoms. The van der Waals surface area contributed by atoms with Gasteiger partial charge in [-0.15, -0.1) is 0 Å². The second-order valence-electron chi connectivity index (χ2n) is 5.00. The van der Waals surface area contributed by atoms with E-state index in [2.05, 4.69) is 5.10 Å². The maximum atomic E-state index is 14.3. The molecule has 0 saturated carbocycles. The zero-order valence-electron chi connectivity index (χ0n) is 12.4. The summed E-state index contributed by atoms with van der Waals surface area (Å²) in [5.41, 5.74) is -0.747. The monoisotopic (exact) mass is 353 g/mol. The summed E-state index contributed by atoms with van der Waals surface area (Å²) in [6, 6.07) is 3.78. The molecular weight excluding hydrogens is 343 g/mol. The lowest BCUT2D eigenvalue weighted by molar-refractivity contribution is 0.544. The van der Waals surface area contributed by atoms with Crippen molar-refractivity contribution < 1.29 is 13.2 Å². The van der Waals surface area contributed by atoms with E-state index in [-0.39, 0.29) is 17.9 Å². The normalized spacial score (nSPS) is 11.0. The Morgan fingerprint density at radius 2 is 1.83 bits per heavy atom. The van der Waals surface area contributed by atoms with Crippen molar-refractivity contribution in [3.05, 3.63) is 69.5 Å². The van der Waals surface area contributed by atoms with Crippen molar-refractivity contribution >= 4 is 11.6 Å². The van der Waals surface area contributed by atoms with E-state index in [1.54, 1.807) is 6.92 Å². The molecule has 3 rings (SSSR count). The van der Waals surface area contributed by atoms with Crippen LogP contribution in [0.15, 0.2) is 41.5 Å². The quantitative estimate of drug-likeness (QED) is 0.718. The molecule has 2 aromatic heterocycles. The first-order valence-corrected chi connectivity index (χ1v) is 7.39. The fraction of sp³-hybridized carbons (Fsp3) is 0.125. The van der Waals surface area contributed by atoms with Crippen molar-refractivity contribution in [2.24, 2.45) is 0 Å². The smallest absolute Gasteiger partial charge is 0.251 e. The van der Waals surface area contributed by atoms with Crippen LogP contribution in [0.1, 0.15) is 6.92 Å². The third kappa shape index (κ3) is 2.71. The van der Waals surface area contributed by atoms with E-state index >= 15 is 0 Å². The van der Waals surface area contributed by atoms with Crippen LogP contribution in [-0.2, 0) is 6.54 Å². The molecule has 1 aromatic carbocycles. The number of benzene rings is 1. The van der Waals surface area contributed by atoms with Gasteiger partial charge in [0.1, 0.15) is 17.5 Å². The number of aromatic nitrogens is 3. The Hall–Kier alpha value is -2.54. The maximum Gasteiger partial charge on any atom is 0.251 e. The highest BCUT2D eigenvalue weighted by Crippen LogP contribution is 2.31. The highest BCUT2D eigenvalue weighted by Gasteiger charge is 2.22. The van der Waals surface area contributed by atoms with Gasteiger partial charge in [-0.2, -0.15) is 5.10 Å². The largest absolute Gasteiger partial charge is 0.306 e. The molecular formula is C16H11ClF3N3O. The molecule has 0 radical (unpaired) electrons. The average molecular weight is 354 g/mol. The summed E-state index contributed by atoms with van der Waals surface area (Å²) >= 11 is 5.85. The Morgan fingerprint density at radius 3 is 2.38 bits per heavy atom. The van der Waals surface area contributed by atoms with E-state index in [0.717, 1.165) is 0 Å².